The van der Waals surface area contributed by atoms with Crippen LogP contribution in [0.4, 0.5) is 0 Å². The predicted octanol–water partition coefficient (Wildman–Crippen LogP) is 3.73. The first-order chi connectivity index (χ1) is 15.0. The molecule has 0 heterocycles. The number of hydrogen-bond donors (Lipinski definition) is 1. The van der Waals surface area contributed by atoms with E-state index < -0.39 is 12.6 Å². The van der Waals surface area contributed by atoms with Gasteiger partial charge in [0.2, 0.25) is 0 Å². The van der Waals surface area contributed by atoms with E-state index in [1.165, 1.54) is 0 Å². The van der Waals surface area contributed by atoms with E-state index in [1.807, 2.05) is 49.4 Å². The lowest BCUT2D eigenvalue weighted by molar-refractivity contribution is -0.141. The van der Waals surface area contributed by atoms with Gasteiger partial charge in [-0.3, -0.25) is 14.4 Å². The quantitative estimate of drug-likeness (QED) is 0.424. The molecule has 0 spiro atoms. The third-order valence-corrected chi connectivity index (χ3v) is 4.50. The van der Waals surface area contributed by atoms with Crippen LogP contribution < -0.4 is 10.1 Å². The third-order valence-electron chi connectivity index (χ3n) is 4.50. The molecule has 0 atom stereocenters. The number of carbonyl (C=O) groups is 3. The molecule has 158 valence electrons. The molecular formula is C25H23NO5. The maximum Gasteiger partial charge on any atom is 0.325 e. The van der Waals surface area contributed by atoms with Crippen LogP contribution in [0.15, 0.2) is 78.9 Å². The smallest absolute Gasteiger partial charge is 0.325 e. The summed E-state index contributed by atoms with van der Waals surface area (Å²) in [6.45, 7) is 1.64. The van der Waals surface area contributed by atoms with Crippen LogP contribution in [0.1, 0.15) is 31.8 Å². The molecule has 0 radical (unpaired) electrons. The maximum atomic E-state index is 12.2. The molecule has 0 unspecified atom stereocenters. The molecule has 3 aromatic carbocycles. The van der Waals surface area contributed by atoms with Gasteiger partial charge in [-0.25, -0.2) is 0 Å². The summed E-state index contributed by atoms with van der Waals surface area (Å²) in [5.41, 5.74) is 2.93. The van der Waals surface area contributed by atoms with Crippen LogP contribution in [0.5, 0.6) is 5.75 Å². The fraction of sp³-hybridized carbons (Fsp3) is 0.160. The Kier molecular flexibility index (Phi) is 7.54. The van der Waals surface area contributed by atoms with Gasteiger partial charge in [-0.05, 0) is 48.9 Å². The van der Waals surface area contributed by atoms with E-state index in [2.05, 4.69) is 5.32 Å². The summed E-state index contributed by atoms with van der Waals surface area (Å²) in [7, 11) is 0. The Bertz CT molecular complexity index is 1030. The topological polar surface area (TPSA) is 81.7 Å². The number of ketones is 1. The normalized spacial score (nSPS) is 10.2. The van der Waals surface area contributed by atoms with Crippen LogP contribution in [-0.4, -0.2) is 30.8 Å². The zero-order chi connectivity index (χ0) is 22.1. The van der Waals surface area contributed by atoms with Crippen molar-refractivity contribution < 1.29 is 23.9 Å². The molecule has 1 N–H and O–H groups in total. The van der Waals surface area contributed by atoms with E-state index in [0.29, 0.717) is 23.5 Å². The summed E-state index contributed by atoms with van der Waals surface area (Å²) in [5.74, 6) is -0.768. The molecule has 0 bridgehead atoms. The van der Waals surface area contributed by atoms with Gasteiger partial charge in [0.1, 0.15) is 18.9 Å². The summed E-state index contributed by atoms with van der Waals surface area (Å²) in [5, 5.41) is 2.48. The first-order valence-electron chi connectivity index (χ1n) is 9.82. The Morgan fingerprint density at radius 3 is 2.13 bits per heavy atom. The van der Waals surface area contributed by atoms with Gasteiger partial charge < -0.3 is 14.8 Å². The van der Waals surface area contributed by atoms with E-state index in [-0.39, 0.29) is 18.2 Å². The largest absolute Gasteiger partial charge is 0.489 e. The average molecular weight is 417 g/mol. The highest BCUT2D eigenvalue weighted by molar-refractivity contribution is 5.99. The lowest BCUT2D eigenvalue weighted by Gasteiger charge is -2.08. The Hall–Kier alpha value is -3.93. The zero-order valence-electron chi connectivity index (χ0n) is 17.2. The number of hydrogen-bond acceptors (Lipinski definition) is 5. The van der Waals surface area contributed by atoms with Gasteiger partial charge in [0, 0.05) is 11.1 Å². The number of esters is 1. The van der Waals surface area contributed by atoms with Gasteiger partial charge in [0.25, 0.3) is 5.91 Å². The molecule has 0 aliphatic heterocycles. The fourth-order valence-corrected chi connectivity index (χ4v) is 2.72. The van der Waals surface area contributed by atoms with E-state index >= 15 is 0 Å². The van der Waals surface area contributed by atoms with Crippen molar-refractivity contribution >= 4 is 17.7 Å². The monoisotopic (exact) mass is 417 g/mol. The summed E-state index contributed by atoms with van der Waals surface area (Å²) in [6.07, 6.45) is 0. The number of nitrogens with one attached hydrogen (secondary N) is 1. The minimum Gasteiger partial charge on any atom is -0.489 e. The molecular weight excluding hydrogens is 394 g/mol. The highest BCUT2D eigenvalue weighted by Crippen LogP contribution is 2.15. The van der Waals surface area contributed by atoms with Crippen molar-refractivity contribution in [2.45, 2.75) is 13.5 Å². The molecule has 1 amide bonds. The highest BCUT2D eigenvalue weighted by atomic mass is 16.5. The summed E-state index contributed by atoms with van der Waals surface area (Å²) in [6, 6.07) is 23.4. The molecule has 0 aliphatic carbocycles. The molecule has 6 nitrogen and oxygen atoms in total. The number of Topliss-reactive ketones (excluding diaryl/α,β-unsaturated/α-hetero) is 1. The lowest BCUT2D eigenvalue weighted by Crippen LogP contribution is -2.31. The van der Waals surface area contributed by atoms with Gasteiger partial charge in [-0.1, -0.05) is 48.0 Å². The SMILES string of the molecule is Cc1ccc(C(=O)NCC(=O)OCC(=O)c2ccc(OCc3ccccc3)cc2)cc1. The lowest BCUT2D eigenvalue weighted by atomic mass is 10.1. The van der Waals surface area contributed by atoms with Crippen molar-refractivity contribution in [1.29, 1.82) is 0 Å². The van der Waals surface area contributed by atoms with Crippen LogP contribution >= 0.6 is 0 Å². The first kappa shape index (κ1) is 21.8. The Morgan fingerprint density at radius 2 is 1.45 bits per heavy atom. The van der Waals surface area contributed by atoms with Crippen molar-refractivity contribution in [3.63, 3.8) is 0 Å². The van der Waals surface area contributed by atoms with Gasteiger partial charge >= 0.3 is 5.97 Å². The Balaban J connectivity index is 1.40. The number of carbonyl (C=O) groups excluding carboxylic acids is 3. The number of ether oxygens (including phenoxy) is 2. The molecule has 3 aromatic rings. The molecule has 0 aliphatic rings. The van der Waals surface area contributed by atoms with Crippen molar-refractivity contribution in [2.24, 2.45) is 0 Å². The fourth-order valence-electron chi connectivity index (χ4n) is 2.72. The van der Waals surface area contributed by atoms with Crippen molar-refractivity contribution in [2.75, 3.05) is 13.2 Å². The van der Waals surface area contributed by atoms with E-state index in [4.69, 9.17) is 9.47 Å². The van der Waals surface area contributed by atoms with Crippen molar-refractivity contribution in [1.82, 2.24) is 5.32 Å². The van der Waals surface area contributed by atoms with Gasteiger partial charge in [-0.15, -0.1) is 0 Å². The van der Waals surface area contributed by atoms with Crippen molar-refractivity contribution in [3.8, 4) is 5.75 Å². The Labute approximate surface area is 180 Å². The summed E-state index contributed by atoms with van der Waals surface area (Å²) < 4.78 is 10.7. The van der Waals surface area contributed by atoms with Crippen molar-refractivity contribution in [3.05, 3.63) is 101 Å². The molecule has 0 aromatic heterocycles. The minimum absolute atomic E-state index is 0.313. The van der Waals surface area contributed by atoms with Gasteiger partial charge in [0.05, 0.1) is 0 Å². The van der Waals surface area contributed by atoms with Gasteiger partial charge in [-0.2, -0.15) is 0 Å². The number of rotatable bonds is 9. The molecule has 6 heteroatoms. The summed E-state index contributed by atoms with van der Waals surface area (Å²) in [4.78, 5) is 36.1. The Morgan fingerprint density at radius 1 is 0.806 bits per heavy atom. The molecule has 0 saturated heterocycles. The second kappa shape index (κ2) is 10.7. The second-order valence-corrected chi connectivity index (χ2v) is 6.93. The van der Waals surface area contributed by atoms with Crippen LogP contribution in [0.2, 0.25) is 0 Å². The highest BCUT2D eigenvalue weighted by Gasteiger charge is 2.12. The molecule has 3 rings (SSSR count). The number of benzene rings is 3. The average Bonchev–Trinajstić information content (AvgIpc) is 2.81. The summed E-state index contributed by atoms with van der Waals surface area (Å²) >= 11 is 0. The van der Waals surface area contributed by atoms with E-state index in [9.17, 15) is 14.4 Å². The van der Waals surface area contributed by atoms with Crippen LogP contribution in [-0.2, 0) is 16.1 Å². The standard InChI is InChI=1S/C25H23NO5/c1-18-7-9-21(10-8-18)25(29)26-15-24(28)31-17-23(27)20-11-13-22(14-12-20)30-16-19-5-3-2-4-6-19/h2-14H,15-17H2,1H3,(H,26,29). The number of amides is 1. The molecule has 0 fully saturated rings. The minimum atomic E-state index is -0.684. The van der Waals surface area contributed by atoms with Crippen LogP contribution in [0.25, 0.3) is 0 Å². The molecule has 31 heavy (non-hydrogen) atoms. The first-order valence-corrected chi connectivity index (χ1v) is 9.82. The van der Waals surface area contributed by atoms with Crippen LogP contribution in [0, 0.1) is 6.92 Å². The maximum absolute atomic E-state index is 12.2. The zero-order valence-corrected chi connectivity index (χ0v) is 17.2. The van der Waals surface area contributed by atoms with E-state index in [1.54, 1.807) is 36.4 Å². The second-order valence-electron chi connectivity index (χ2n) is 6.93. The third kappa shape index (κ3) is 6.82. The number of aryl methyl sites for hydroxylation is 1. The van der Waals surface area contributed by atoms with Crippen LogP contribution in [0.3, 0.4) is 0 Å². The van der Waals surface area contributed by atoms with E-state index in [0.717, 1.165) is 11.1 Å². The predicted molar refractivity (Wildman–Crippen MR) is 116 cm³/mol. The molecule has 0 saturated carbocycles. The van der Waals surface area contributed by atoms with Gasteiger partial charge in [0.15, 0.2) is 12.4 Å².